The number of aliphatic hydroxyl groups is 1. The maximum Gasteiger partial charge on any atom is 0.149 e. The Morgan fingerprint density at radius 3 is 2.83 bits per heavy atom. The van der Waals surface area contributed by atoms with Gasteiger partial charge in [-0.05, 0) is 12.1 Å². The number of fused-ring (bicyclic) bond motifs is 1. The van der Waals surface area contributed by atoms with Crippen molar-refractivity contribution in [2.24, 2.45) is 5.41 Å². The number of amidine groups is 1. The summed E-state index contributed by atoms with van der Waals surface area (Å²) in [4.78, 5) is 1.77. The molecule has 8 heteroatoms. The largest absolute Gasteiger partial charge is 0.492 e. The Morgan fingerprint density at radius 2 is 2.22 bits per heavy atom. The molecule has 2 heterocycles. The lowest BCUT2D eigenvalue weighted by molar-refractivity contribution is -0.208. The highest BCUT2D eigenvalue weighted by Gasteiger charge is 2.44. The molecule has 4 N–H and O–H groups in total. The lowest BCUT2D eigenvalue weighted by Gasteiger charge is -2.45. The summed E-state index contributed by atoms with van der Waals surface area (Å²) in [5.74, 6) is -0.521. The summed E-state index contributed by atoms with van der Waals surface area (Å²) in [7, 11) is 0. The maximum absolute atomic E-state index is 14.4. The zero-order valence-corrected chi connectivity index (χ0v) is 12.8. The lowest BCUT2D eigenvalue weighted by Crippen LogP contribution is -2.56. The van der Waals surface area contributed by atoms with Crippen molar-refractivity contribution < 1.29 is 24.2 Å². The predicted molar refractivity (Wildman–Crippen MR) is 79.0 cm³/mol. The summed E-state index contributed by atoms with van der Waals surface area (Å²) in [6.45, 7) is 3.83. The number of hydrogen-bond acceptors (Lipinski definition) is 6. The van der Waals surface area contributed by atoms with Crippen LogP contribution in [0.1, 0.15) is 18.1 Å². The lowest BCUT2D eigenvalue weighted by atomic mass is 9.85. The fourth-order valence-electron chi connectivity index (χ4n) is 2.88. The van der Waals surface area contributed by atoms with E-state index in [9.17, 15) is 9.50 Å². The molecular formula is C15H20FN3O4. The van der Waals surface area contributed by atoms with E-state index >= 15 is 0 Å². The standard InChI is InChI=1S/C15H20FN3O4/c1-15(7-22-8-15)14(20)19-2-3-23-12-5-9(13(17)18-21)4-11(16)10(12)6-19/h4-5,14,20-21H,2-3,6-8H2,1H3,(H2,17,18). The number of hydroxylamine groups is 1. The van der Waals surface area contributed by atoms with Gasteiger partial charge in [0.2, 0.25) is 0 Å². The summed E-state index contributed by atoms with van der Waals surface area (Å²) in [6.07, 6.45) is -0.748. The summed E-state index contributed by atoms with van der Waals surface area (Å²) >= 11 is 0. The molecule has 1 aromatic carbocycles. The molecule has 0 spiro atoms. The van der Waals surface area contributed by atoms with E-state index in [-0.39, 0.29) is 23.4 Å². The third kappa shape index (κ3) is 2.90. The van der Waals surface area contributed by atoms with Gasteiger partial charge in [-0.2, -0.15) is 0 Å². The van der Waals surface area contributed by atoms with E-state index in [1.807, 2.05) is 6.92 Å². The van der Waals surface area contributed by atoms with Crippen LogP contribution >= 0.6 is 0 Å². The van der Waals surface area contributed by atoms with Crippen molar-refractivity contribution in [2.75, 3.05) is 26.4 Å². The molecule has 0 aliphatic carbocycles. The van der Waals surface area contributed by atoms with Gasteiger partial charge < -0.3 is 14.6 Å². The monoisotopic (exact) mass is 325 g/mol. The second-order valence-corrected chi connectivity index (χ2v) is 6.26. The first-order chi connectivity index (χ1) is 10.9. The number of hydrogen-bond donors (Lipinski definition) is 4. The molecule has 7 nitrogen and oxygen atoms in total. The van der Waals surface area contributed by atoms with Crippen LogP contribution in [0.4, 0.5) is 4.39 Å². The van der Waals surface area contributed by atoms with Crippen molar-refractivity contribution in [1.29, 1.82) is 5.41 Å². The highest BCUT2D eigenvalue weighted by molar-refractivity contribution is 5.96. The van der Waals surface area contributed by atoms with Gasteiger partial charge in [-0.25, -0.2) is 4.39 Å². The van der Waals surface area contributed by atoms with Crippen molar-refractivity contribution in [3.63, 3.8) is 0 Å². The Labute approximate surface area is 133 Å². The molecule has 0 amide bonds. The van der Waals surface area contributed by atoms with E-state index in [1.165, 1.54) is 6.07 Å². The zero-order valence-electron chi connectivity index (χ0n) is 12.8. The van der Waals surface area contributed by atoms with Crippen LogP contribution in [0, 0.1) is 16.6 Å². The minimum absolute atomic E-state index is 0.192. The summed E-state index contributed by atoms with van der Waals surface area (Å²) in [6, 6.07) is 2.67. The Kier molecular flexibility index (Phi) is 4.24. The minimum atomic E-state index is -0.748. The highest BCUT2D eigenvalue weighted by atomic mass is 19.1. The van der Waals surface area contributed by atoms with Gasteiger partial charge in [0.1, 0.15) is 30.2 Å². The molecule has 2 aliphatic heterocycles. The number of ether oxygens (including phenoxy) is 2. The van der Waals surface area contributed by atoms with Gasteiger partial charge >= 0.3 is 0 Å². The average Bonchev–Trinajstić information content (AvgIpc) is 2.73. The van der Waals surface area contributed by atoms with Crippen LogP contribution in [0.25, 0.3) is 0 Å². The molecule has 1 fully saturated rings. The number of nitrogens with one attached hydrogen (secondary N) is 2. The molecule has 1 unspecified atom stereocenters. The van der Waals surface area contributed by atoms with Crippen LogP contribution in [0.3, 0.4) is 0 Å². The fraction of sp³-hybridized carbons (Fsp3) is 0.533. The van der Waals surface area contributed by atoms with E-state index in [0.717, 1.165) is 6.07 Å². The highest BCUT2D eigenvalue weighted by Crippen LogP contribution is 2.35. The topological polar surface area (TPSA) is 98.0 Å². The summed E-state index contributed by atoms with van der Waals surface area (Å²) in [5.41, 5.74) is 1.86. The average molecular weight is 325 g/mol. The Hall–Kier alpha value is -1.74. The number of benzene rings is 1. The SMILES string of the molecule is CC1(C(O)N2CCOc3cc(C(=N)NO)cc(F)c3C2)COC1. The number of halogens is 1. The third-order valence-corrected chi connectivity index (χ3v) is 4.39. The number of nitrogens with zero attached hydrogens (tertiary/aromatic N) is 1. The van der Waals surface area contributed by atoms with Crippen LogP contribution in [0.15, 0.2) is 12.1 Å². The first kappa shape index (κ1) is 16.1. The fourth-order valence-corrected chi connectivity index (χ4v) is 2.88. The van der Waals surface area contributed by atoms with Crippen molar-refractivity contribution in [1.82, 2.24) is 10.4 Å². The number of rotatable bonds is 3. The van der Waals surface area contributed by atoms with Crippen molar-refractivity contribution in [2.45, 2.75) is 19.7 Å². The van der Waals surface area contributed by atoms with Gasteiger partial charge in [0.05, 0.1) is 18.6 Å². The predicted octanol–water partition coefficient (Wildman–Crippen LogP) is 0.679. The first-order valence-corrected chi connectivity index (χ1v) is 7.39. The second kappa shape index (κ2) is 6.04. The molecule has 0 radical (unpaired) electrons. The third-order valence-electron chi connectivity index (χ3n) is 4.39. The van der Waals surface area contributed by atoms with E-state index < -0.39 is 12.0 Å². The molecule has 126 valence electrons. The molecule has 1 aromatic rings. The Morgan fingerprint density at radius 1 is 1.48 bits per heavy atom. The zero-order chi connectivity index (χ0) is 16.6. The van der Waals surface area contributed by atoms with Crippen molar-refractivity contribution in [3.8, 4) is 5.75 Å². The van der Waals surface area contributed by atoms with Gasteiger partial charge in [0.25, 0.3) is 0 Å². The van der Waals surface area contributed by atoms with Gasteiger partial charge in [-0.15, -0.1) is 0 Å². The molecule has 0 saturated carbocycles. The van der Waals surface area contributed by atoms with E-state index in [4.69, 9.17) is 20.1 Å². The van der Waals surface area contributed by atoms with E-state index in [1.54, 1.807) is 10.4 Å². The van der Waals surface area contributed by atoms with Crippen LogP contribution in [0.2, 0.25) is 0 Å². The molecule has 3 rings (SSSR count). The molecule has 1 atom stereocenters. The van der Waals surface area contributed by atoms with E-state index in [2.05, 4.69) is 0 Å². The smallest absolute Gasteiger partial charge is 0.149 e. The summed E-state index contributed by atoms with van der Waals surface area (Å²) < 4.78 is 25.2. The molecule has 1 saturated heterocycles. The van der Waals surface area contributed by atoms with Crippen molar-refractivity contribution in [3.05, 3.63) is 29.1 Å². The van der Waals surface area contributed by atoms with E-state index in [0.29, 0.717) is 37.7 Å². The van der Waals surface area contributed by atoms with Crippen LogP contribution < -0.4 is 10.2 Å². The van der Waals surface area contributed by atoms with Crippen LogP contribution in [0.5, 0.6) is 5.75 Å². The molecule has 0 aromatic heterocycles. The number of aliphatic hydroxyl groups excluding tert-OH is 1. The van der Waals surface area contributed by atoms with Gasteiger partial charge in [-0.3, -0.25) is 21.0 Å². The van der Waals surface area contributed by atoms with Gasteiger partial charge in [0.15, 0.2) is 0 Å². The molecular weight excluding hydrogens is 305 g/mol. The van der Waals surface area contributed by atoms with Gasteiger partial charge in [0, 0.05) is 24.2 Å². The first-order valence-electron chi connectivity index (χ1n) is 7.39. The summed E-state index contributed by atoms with van der Waals surface area (Å²) in [5, 5.41) is 26.9. The second-order valence-electron chi connectivity index (χ2n) is 6.26. The quantitative estimate of drug-likeness (QED) is 0.371. The Bertz CT molecular complexity index is 621. The normalized spacial score (nSPS) is 21.4. The van der Waals surface area contributed by atoms with Crippen LogP contribution in [-0.4, -0.2) is 53.6 Å². The van der Waals surface area contributed by atoms with Gasteiger partial charge in [-0.1, -0.05) is 6.92 Å². The molecule has 23 heavy (non-hydrogen) atoms. The maximum atomic E-state index is 14.4. The van der Waals surface area contributed by atoms with Crippen LogP contribution in [-0.2, 0) is 11.3 Å². The molecule has 2 aliphatic rings. The van der Waals surface area contributed by atoms with Crippen molar-refractivity contribution >= 4 is 5.84 Å². The minimum Gasteiger partial charge on any atom is -0.492 e. The molecule has 0 bridgehead atoms. The Balaban J connectivity index is 1.87.